The first-order valence-electron chi connectivity index (χ1n) is 7.18. The molecular formula is C15H21N3O4. The Hall–Kier alpha value is -2.12. The van der Waals surface area contributed by atoms with E-state index in [0.717, 1.165) is 5.56 Å². The smallest absolute Gasteiger partial charge is 0.428 e. The molecule has 1 unspecified atom stereocenters. The van der Waals surface area contributed by atoms with Crippen molar-refractivity contribution in [1.82, 2.24) is 10.7 Å². The van der Waals surface area contributed by atoms with Gasteiger partial charge in [0.05, 0.1) is 0 Å². The number of hydrogen-bond acceptors (Lipinski definition) is 6. The number of amides is 1. The largest absolute Gasteiger partial charge is 0.491 e. The van der Waals surface area contributed by atoms with Gasteiger partial charge in [-0.2, -0.15) is 5.10 Å². The van der Waals surface area contributed by atoms with E-state index in [9.17, 15) is 9.90 Å². The lowest BCUT2D eigenvalue weighted by atomic mass is 10.1. The predicted molar refractivity (Wildman–Crippen MR) is 82.1 cm³/mol. The molecule has 7 nitrogen and oxygen atoms in total. The van der Waals surface area contributed by atoms with Crippen LogP contribution in [0.1, 0.15) is 19.4 Å². The Bertz CT molecular complexity index is 528. The number of cyclic esters (lactones) is 1. The van der Waals surface area contributed by atoms with E-state index in [1.165, 1.54) is 0 Å². The number of aliphatic hydroxyl groups is 1. The fraction of sp³-hybridized carbons (Fsp3) is 0.467. The van der Waals surface area contributed by atoms with Gasteiger partial charge in [0.25, 0.3) is 0 Å². The minimum absolute atomic E-state index is 0.144. The molecule has 0 saturated carbocycles. The number of rotatable bonds is 7. The van der Waals surface area contributed by atoms with Crippen LogP contribution in [0.3, 0.4) is 0 Å². The molecule has 0 radical (unpaired) electrons. The summed E-state index contributed by atoms with van der Waals surface area (Å²) in [5.41, 5.74) is 3.75. The molecule has 0 bridgehead atoms. The summed E-state index contributed by atoms with van der Waals surface area (Å²) in [5.74, 6) is 0.661. The molecule has 2 rings (SSSR count). The summed E-state index contributed by atoms with van der Waals surface area (Å²) >= 11 is 0. The Balaban J connectivity index is 1.83. The van der Waals surface area contributed by atoms with Gasteiger partial charge in [-0.25, -0.2) is 10.2 Å². The van der Waals surface area contributed by atoms with Gasteiger partial charge in [-0.05, 0) is 24.3 Å². The first-order valence-corrected chi connectivity index (χ1v) is 7.18. The zero-order valence-corrected chi connectivity index (χ0v) is 12.7. The highest BCUT2D eigenvalue weighted by atomic mass is 16.6. The molecule has 1 aromatic carbocycles. The number of carbonyl (C=O) groups is 1. The van der Waals surface area contributed by atoms with Crippen LogP contribution in [0, 0.1) is 0 Å². The van der Waals surface area contributed by atoms with E-state index in [4.69, 9.17) is 9.47 Å². The average molecular weight is 307 g/mol. The van der Waals surface area contributed by atoms with Crippen molar-refractivity contribution < 1.29 is 19.4 Å². The van der Waals surface area contributed by atoms with Crippen LogP contribution in [-0.2, 0) is 4.74 Å². The van der Waals surface area contributed by atoms with E-state index >= 15 is 0 Å². The van der Waals surface area contributed by atoms with Crippen molar-refractivity contribution in [2.45, 2.75) is 26.0 Å². The van der Waals surface area contributed by atoms with Crippen LogP contribution in [0.15, 0.2) is 29.4 Å². The molecule has 1 aromatic rings. The topological polar surface area (TPSA) is 92.2 Å². The third-order valence-corrected chi connectivity index (χ3v) is 3.01. The number of benzene rings is 1. The van der Waals surface area contributed by atoms with Gasteiger partial charge >= 0.3 is 6.09 Å². The van der Waals surface area contributed by atoms with Crippen LogP contribution < -0.4 is 15.5 Å². The maximum Gasteiger partial charge on any atom is 0.428 e. The third kappa shape index (κ3) is 5.01. The minimum atomic E-state index is -0.562. The van der Waals surface area contributed by atoms with Gasteiger partial charge in [0.15, 0.2) is 0 Å². The van der Waals surface area contributed by atoms with Crippen LogP contribution in [-0.4, -0.2) is 48.8 Å². The maximum absolute atomic E-state index is 10.8. The predicted octanol–water partition coefficient (Wildman–Crippen LogP) is 0.868. The number of hydrogen-bond donors (Lipinski definition) is 3. The third-order valence-electron chi connectivity index (χ3n) is 3.01. The molecular weight excluding hydrogens is 286 g/mol. The van der Waals surface area contributed by atoms with Crippen molar-refractivity contribution in [3.63, 3.8) is 0 Å². The van der Waals surface area contributed by atoms with E-state index in [0.29, 0.717) is 24.0 Å². The molecule has 0 aliphatic carbocycles. The summed E-state index contributed by atoms with van der Waals surface area (Å²) in [4.78, 5) is 10.8. The number of carbonyl (C=O) groups excluding carboxylic acids is 1. The number of aliphatic hydroxyl groups excluding tert-OH is 1. The van der Waals surface area contributed by atoms with Crippen molar-refractivity contribution >= 4 is 11.8 Å². The second-order valence-electron chi connectivity index (χ2n) is 5.30. The summed E-state index contributed by atoms with van der Waals surface area (Å²) in [7, 11) is 0. The van der Waals surface area contributed by atoms with Crippen molar-refractivity contribution in [1.29, 1.82) is 0 Å². The molecule has 0 saturated heterocycles. The van der Waals surface area contributed by atoms with E-state index in [2.05, 4.69) is 15.8 Å². The lowest BCUT2D eigenvalue weighted by Crippen LogP contribution is -2.35. The molecule has 1 aliphatic rings. The van der Waals surface area contributed by atoms with Crippen molar-refractivity contribution in [3.8, 4) is 5.75 Å². The van der Waals surface area contributed by atoms with Crippen molar-refractivity contribution in [2.24, 2.45) is 5.10 Å². The first kappa shape index (κ1) is 16.3. The van der Waals surface area contributed by atoms with Gasteiger partial charge in [-0.1, -0.05) is 13.8 Å². The van der Waals surface area contributed by atoms with Gasteiger partial charge in [-0.15, -0.1) is 0 Å². The second-order valence-corrected chi connectivity index (χ2v) is 5.30. The maximum atomic E-state index is 10.8. The van der Waals surface area contributed by atoms with E-state index in [-0.39, 0.29) is 13.2 Å². The molecule has 7 heteroatoms. The molecule has 1 atom stereocenters. The number of ether oxygens (including phenoxy) is 2. The monoisotopic (exact) mass is 307 g/mol. The molecule has 0 spiro atoms. The molecule has 22 heavy (non-hydrogen) atoms. The lowest BCUT2D eigenvalue weighted by Gasteiger charge is -2.16. The summed E-state index contributed by atoms with van der Waals surface area (Å²) < 4.78 is 10.4. The Morgan fingerprint density at radius 2 is 2.14 bits per heavy atom. The first-order chi connectivity index (χ1) is 10.5. The van der Waals surface area contributed by atoms with Gasteiger partial charge in [0, 0.05) is 18.2 Å². The molecule has 0 fully saturated rings. The summed E-state index contributed by atoms with van der Waals surface area (Å²) in [5, 5.41) is 16.9. The minimum Gasteiger partial charge on any atom is -0.491 e. The normalized spacial score (nSPS) is 15.8. The fourth-order valence-corrected chi connectivity index (χ4v) is 1.83. The summed E-state index contributed by atoms with van der Waals surface area (Å²) in [6, 6.07) is 7.56. The summed E-state index contributed by atoms with van der Waals surface area (Å²) in [6.07, 6.45) is -1.11. The Kier molecular flexibility index (Phi) is 5.74. The molecule has 1 heterocycles. The highest BCUT2D eigenvalue weighted by Crippen LogP contribution is 2.14. The molecule has 3 N–H and O–H groups in total. The SMILES string of the molecule is CC(C)NCC(O)COc1ccc(C2=NNC(=O)OC2)cc1. The average Bonchev–Trinajstić information content (AvgIpc) is 2.52. The van der Waals surface area contributed by atoms with Gasteiger partial charge in [-0.3, -0.25) is 0 Å². The zero-order chi connectivity index (χ0) is 15.9. The Morgan fingerprint density at radius 1 is 1.41 bits per heavy atom. The van der Waals surface area contributed by atoms with E-state index in [1.54, 1.807) is 12.1 Å². The van der Waals surface area contributed by atoms with Crippen LogP contribution in [0.4, 0.5) is 4.79 Å². The molecule has 1 aliphatic heterocycles. The van der Waals surface area contributed by atoms with Crippen LogP contribution in [0.5, 0.6) is 5.75 Å². The van der Waals surface area contributed by atoms with Crippen molar-refractivity contribution in [3.05, 3.63) is 29.8 Å². The number of nitrogens with one attached hydrogen (secondary N) is 2. The number of hydrazone groups is 1. The molecule has 0 aromatic heterocycles. The van der Waals surface area contributed by atoms with E-state index < -0.39 is 12.2 Å². The highest BCUT2D eigenvalue weighted by Gasteiger charge is 2.14. The van der Waals surface area contributed by atoms with Gasteiger partial charge < -0.3 is 19.9 Å². The van der Waals surface area contributed by atoms with Crippen LogP contribution >= 0.6 is 0 Å². The zero-order valence-electron chi connectivity index (χ0n) is 12.7. The Labute approximate surface area is 129 Å². The fourth-order valence-electron chi connectivity index (χ4n) is 1.83. The van der Waals surface area contributed by atoms with Gasteiger partial charge in [0.1, 0.15) is 30.8 Å². The standard InChI is InChI=1S/C15H21N3O4/c1-10(2)16-7-12(19)8-21-13-5-3-11(4-6-13)14-9-22-15(20)18-17-14/h3-6,10,12,16,19H,7-9H2,1-2H3,(H,18,20). The van der Waals surface area contributed by atoms with Crippen molar-refractivity contribution in [2.75, 3.05) is 19.8 Å². The molecule has 120 valence electrons. The van der Waals surface area contributed by atoms with Crippen LogP contribution in [0.25, 0.3) is 0 Å². The highest BCUT2D eigenvalue weighted by molar-refractivity contribution is 6.03. The summed E-state index contributed by atoms with van der Waals surface area (Å²) in [6.45, 7) is 4.90. The second kappa shape index (κ2) is 7.77. The van der Waals surface area contributed by atoms with E-state index in [1.807, 2.05) is 26.0 Å². The van der Waals surface area contributed by atoms with Gasteiger partial charge in [0.2, 0.25) is 0 Å². The lowest BCUT2D eigenvalue weighted by molar-refractivity contribution is 0.104. The molecule has 1 amide bonds. The van der Waals surface area contributed by atoms with Crippen LogP contribution in [0.2, 0.25) is 0 Å². The quantitative estimate of drug-likeness (QED) is 0.695. The Morgan fingerprint density at radius 3 is 2.73 bits per heavy atom. The number of nitrogens with zero attached hydrogens (tertiary/aromatic N) is 1.